The molecule has 3 heteroatoms. The molecule has 2 aliphatic rings. The van der Waals surface area contributed by atoms with Crippen LogP contribution in [0.1, 0.15) is 6.42 Å². The van der Waals surface area contributed by atoms with E-state index in [0.717, 1.165) is 32.1 Å². The van der Waals surface area contributed by atoms with Crippen LogP contribution < -0.4 is 10.6 Å². The predicted octanol–water partition coefficient (Wildman–Crippen LogP) is -0.404. The van der Waals surface area contributed by atoms with Crippen molar-refractivity contribution in [3.05, 3.63) is 0 Å². The van der Waals surface area contributed by atoms with Crippen molar-refractivity contribution in [1.82, 2.24) is 10.6 Å². The lowest BCUT2D eigenvalue weighted by Crippen LogP contribution is -2.53. The first-order chi connectivity index (χ1) is 4.97. The Hall–Kier alpha value is -0.410. The molecule has 2 heterocycles. The van der Waals surface area contributed by atoms with E-state index < -0.39 is 0 Å². The average Bonchev–Trinajstić information content (AvgIpc) is 2.05. The van der Waals surface area contributed by atoms with Crippen LogP contribution in [-0.2, 0) is 0 Å². The molecule has 0 amide bonds. The van der Waals surface area contributed by atoms with Crippen molar-refractivity contribution in [3.8, 4) is 0 Å². The molecule has 1 fully saturated rings. The number of nitrogens with one attached hydrogen (secondary N) is 2. The van der Waals surface area contributed by atoms with Crippen LogP contribution in [0.15, 0.2) is 4.99 Å². The van der Waals surface area contributed by atoms with E-state index in [1.54, 1.807) is 0 Å². The molecule has 2 atom stereocenters. The monoisotopic (exact) mass is 139 g/mol. The molecule has 0 aromatic heterocycles. The van der Waals surface area contributed by atoms with Crippen LogP contribution in [0.25, 0.3) is 0 Å². The predicted molar refractivity (Wildman–Crippen MR) is 41.3 cm³/mol. The SMILES string of the molecule is C1=NCC2NCNCC2C1. The van der Waals surface area contributed by atoms with Gasteiger partial charge in [0.25, 0.3) is 0 Å². The fourth-order valence-corrected chi connectivity index (χ4v) is 1.63. The van der Waals surface area contributed by atoms with E-state index in [1.807, 2.05) is 0 Å². The fraction of sp³-hybridized carbons (Fsp3) is 0.857. The molecule has 0 bridgehead atoms. The summed E-state index contributed by atoms with van der Waals surface area (Å²) in [7, 11) is 0. The standard InChI is InChI=1S/C7H13N3/c1-2-8-4-7-6(1)3-9-5-10-7/h2,6-7,9-10H,1,3-5H2. The highest BCUT2D eigenvalue weighted by molar-refractivity contribution is 5.59. The first-order valence-electron chi connectivity index (χ1n) is 3.89. The number of nitrogens with zero attached hydrogens (tertiary/aromatic N) is 1. The van der Waals surface area contributed by atoms with Crippen molar-refractivity contribution in [3.63, 3.8) is 0 Å². The van der Waals surface area contributed by atoms with Crippen LogP contribution >= 0.6 is 0 Å². The number of aliphatic imine (C=N–C) groups is 1. The van der Waals surface area contributed by atoms with E-state index in [-0.39, 0.29) is 0 Å². The van der Waals surface area contributed by atoms with Gasteiger partial charge >= 0.3 is 0 Å². The van der Waals surface area contributed by atoms with Gasteiger partial charge in [-0.25, -0.2) is 0 Å². The Kier molecular flexibility index (Phi) is 1.69. The molecule has 0 saturated carbocycles. The summed E-state index contributed by atoms with van der Waals surface area (Å²) >= 11 is 0. The highest BCUT2D eigenvalue weighted by Crippen LogP contribution is 2.13. The lowest BCUT2D eigenvalue weighted by Gasteiger charge is -2.33. The summed E-state index contributed by atoms with van der Waals surface area (Å²) in [6, 6.07) is 0.645. The van der Waals surface area contributed by atoms with Crippen molar-refractivity contribution in [1.29, 1.82) is 0 Å². The molecule has 56 valence electrons. The molecule has 2 rings (SSSR count). The van der Waals surface area contributed by atoms with Gasteiger partial charge in [-0.1, -0.05) is 0 Å². The molecular formula is C7H13N3. The second-order valence-electron chi connectivity index (χ2n) is 2.99. The largest absolute Gasteiger partial charge is 0.304 e. The van der Waals surface area contributed by atoms with Gasteiger partial charge in [-0.2, -0.15) is 0 Å². The zero-order valence-electron chi connectivity index (χ0n) is 6.01. The Morgan fingerprint density at radius 1 is 1.50 bits per heavy atom. The molecule has 0 aliphatic carbocycles. The summed E-state index contributed by atoms with van der Waals surface area (Å²) in [6.45, 7) is 3.09. The lowest BCUT2D eigenvalue weighted by molar-refractivity contribution is 0.284. The van der Waals surface area contributed by atoms with Gasteiger partial charge in [0.15, 0.2) is 0 Å². The summed E-state index contributed by atoms with van der Waals surface area (Å²) in [4.78, 5) is 4.25. The zero-order valence-corrected chi connectivity index (χ0v) is 6.01. The van der Waals surface area contributed by atoms with E-state index in [1.165, 1.54) is 0 Å². The van der Waals surface area contributed by atoms with Gasteiger partial charge in [0.1, 0.15) is 0 Å². The highest BCUT2D eigenvalue weighted by Gasteiger charge is 2.24. The van der Waals surface area contributed by atoms with E-state index in [0.29, 0.717) is 6.04 Å². The second kappa shape index (κ2) is 2.68. The third-order valence-electron chi connectivity index (χ3n) is 2.30. The van der Waals surface area contributed by atoms with Gasteiger partial charge in [0, 0.05) is 19.3 Å². The molecule has 1 saturated heterocycles. The van der Waals surface area contributed by atoms with Gasteiger partial charge in [0.05, 0.1) is 6.54 Å². The second-order valence-corrected chi connectivity index (χ2v) is 2.99. The number of hydrogen-bond donors (Lipinski definition) is 2. The smallest absolute Gasteiger partial charge is 0.0542 e. The number of rotatable bonds is 0. The van der Waals surface area contributed by atoms with Crippen molar-refractivity contribution in [2.45, 2.75) is 12.5 Å². The normalized spacial score (nSPS) is 39.2. The van der Waals surface area contributed by atoms with Crippen molar-refractivity contribution < 1.29 is 0 Å². The third kappa shape index (κ3) is 1.07. The topological polar surface area (TPSA) is 36.4 Å². The quantitative estimate of drug-likeness (QED) is 0.479. The molecule has 2 unspecified atom stereocenters. The molecule has 2 aliphatic heterocycles. The van der Waals surface area contributed by atoms with Crippen LogP contribution in [-0.4, -0.2) is 32.0 Å². The summed E-state index contributed by atoms with van der Waals surface area (Å²) in [5.74, 6) is 0.784. The molecule has 10 heavy (non-hydrogen) atoms. The lowest BCUT2D eigenvalue weighted by atomic mass is 9.93. The molecule has 0 spiro atoms. The van der Waals surface area contributed by atoms with E-state index in [4.69, 9.17) is 0 Å². The third-order valence-corrected chi connectivity index (χ3v) is 2.30. The maximum Gasteiger partial charge on any atom is 0.0542 e. The van der Waals surface area contributed by atoms with Crippen LogP contribution in [0.2, 0.25) is 0 Å². The van der Waals surface area contributed by atoms with Gasteiger partial charge in [-0.3, -0.25) is 10.3 Å². The molecule has 0 aromatic rings. The minimum Gasteiger partial charge on any atom is -0.304 e. The Labute approximate surface area is 60.9 Å². The van der Waals surface area contributed by atoms with Crippen molar-refractivity contribution in [2.75, 3.05) is 19.8 Å². The van der Waals surface area contributed by atoms with E-state index >= 15 is 0 Å². The maximum atomic E-state index is 4.25. The molecule has 0 aromatic carbocycles. The van der Waals surface area contributed by atoms with Crippen LogP contribution in [0, 0.1) is 5.92 Å². The fourth-order valence-electron chi connectivity index (χ4n) is 1.63. The van der Waals surface area contributed by atoms with Gasteiger partial charge in [-0.05, 0) is 18.6 Å². The van der Waals surface area contributed by atoms with Gasteiger partial charge < -0.3 is 5.32 Å². The molecule has 2 N–H and O–H groups in total. The molecule has 0 radical (unpaired) electrons. The molecule has 3 nitrogen and oxygen atoms in total. The maximum absolute atomic E-state index is 4.25. The van der Waals surface area contributed by atoms with Crippen LogP contribution in [0.3, 0.4) is 0 Å². The first-order valence-corrected chi connectivity index (χ1v) is 3.89. The summed E-state index contributed by atoms with van der Waals surface area (Å²) < 4.78 is 0. The van der Waals surface area contributed by atoms with Gasteiger partial charge in [-0.15, -0.1) is 0 Å². The Morgan fingerprint density at radius 2 is 2.50 bits per heavy atom. The number of hydrogen-bond acceptors (Lipinski definition) is 3. The van der Waals surface area contributed by atoms with E-state index in [2.05, 4.69) is 21.8 Å². The molecular weight excluding hydrogens is 126 g/mol. The minimum atomic E-state index is 0.645. The summed E-state index contributed by atoms with van der Waals surface area (Å²) in [5, 5.41) is 6.71. The zero-order chi connectivity index (χ0) is 6.81. The minimum absolute atomic E-state index is 0.645. The highest BCUT2D eigenvalue weighted by atomic mass is 15.1. The Bertz CT molecular complexity index is 128. The van der Waals surface area contributed by atoms with Crippen LogP contribution in [0.4, 0.5) is 0 Å². The average molecular weight is 139 g/mol. The van der Waals surface area contributed by atoms with Crippen LogP contribution in [0.5, 0.6) is 0 Å². The van der Waals surface area contributed by atoms with Crippen molar-refractivity contribution in [2.24, 2.45) is 10.9 Å². The first kappa shape index (κ1) is 6.31. The Morgan fingerprint density at radius 3 is 3.40 bits per heavy atom. The van der Waals surface area contributed by atoms with Gasteiger partial charge in [0.2, 0.25) is 0 Å². The van der Waals surface area contributed by atoms with Crippen molar-refractivity contribution >= 4 is 6.21 Å². The number of fused-ring (bicyclic) bond motifs is 1. The van der Waals surface area contributed by atoms with E-state index in [9.17, 15) is 0 Å². The Balaban J connectivity index is 2.01. The summed E-state index contributed by atoms with van der Waals surface area (Å²) in [6.07, 6.45) is 3.19. The summed E-state index contributed by atoms with van der Waals surface area (Å²) in [5.41, 5.74) is 0.